The van der Waals surface area contributed by atoms with Crippen molar-refractivity contribution >= 4 is 17.7 Å². The van der Waals surface area contributed by atoms with Crippen LogP contribution in [0.25, 0.3) is 0 Å². The second-order valence-electron chi connectivity index (χ2n) is 6.86. The molecule has 0 spiro atoms. The Kier molecular flexibility index (Phi) is 6.04. The Morgan fingerprint density at radius 1 is 1.24 bits per heavy atom. The fourth-order valence-corrected chi connectivity index (χ4v) is 3.54. The topological polar surface area (TPSA) is 114 Å². The largest absolute Gasteiger partial charge is 0.381 e. The van der Waals surface area contributed by atoms with Gasteiger partial charge in [-0.1, -0.05) is 0 Å². The SMILES string of the molecule is COC1CCC(Nc2ncc(C(N)=O)c(N[C@H]3CCCNC3)n2)CC1. The van der Waals surface area contributed by atoms with E-state index in [1.165, 1.54) is 6.20 Å². The summed E-state index contributed by atoms with van der Waals surface area (Å²) in [6, 6.07) is 0.571. The minimum atomic E-state index is -0.515. The number of amides is 1. The lowest BCUT2D eigenvalue weighted by Crippen LogP contribution is -2.39. The molecule has 138 valence electrons. The molecule has 1 aliphatic heterocycles. The van der Waals surface area contributed by atoms with Crippen LogP contribution in [0.1, 0.15) is 48.9 Å². The van der Waals surface area contributed by atoms with Crippen molar-refractivity contribution in [2.45, 2.75) is 56.7 Å². The van der Waals surface area contributed by atoms with Crippen molar-refractivity contribution in [2.75, 3.05) is 30.8 Å². The van der Waals surface area contributed by atoms with Gasteiger partial charge in [0.25, 0.3) is 5.91 Å². The number of ether oxygens (including phenoxy) is 1. The van der Waals surface area contributed by atoms with Crippen LogP contribution in [-0.4, -0.2) is 54.3 Å². The molecule has 3 rings (SSSR count). The summed E-state index contributed by atoms with van der Waals surface area (Å²) in [5, 5.41) is 10.1. The molecule has 1 aromatic rings. The third-order valence-corrected chi connectivity index (χ3v) is 5.03. The Morgan fingerprint density at radius 3 is 2.68 bits per heavy atom. The van der Waals surface area contributed by atoms with Crippen molar-refractivity contribution in [3.05, 3.63) is 11.8 Å². The molecule has 0 radical (unpaired) electrons. The summed E-state index contributed by atoms with van der Waals surface area (Å²) < 4.78 is 5.41. The van der Waals surface area contributed by atoms with Gasteiger partial charge >= 0.3 is 0 Å². The number of piperidine rings is 1. The van der Waals surface area contributed by atoms with E-state index >= 15 is 0 Å². The number of nitrogens with zero attached hydrogens (tertiary/aromatic N) is 2. The number of carbonyl (C=O) groups is 1. The first-order valence-corrected chi connectivity index (χ1v) is 9.09. The Labute approximate surface area is 148 Å². The highest BCUT2D eigenvalue weighted by molar-refractivity contribution is 5.97. The number of nitrogens with two attached hydrogens (primary N) is 1. The average molecular weight is 348 g/mol. The van der Waals surface area contributed by atoms with Gasteiger partial charge in [-0.05, 0) is 45.1 Å². The van der Waals surface area contributed by atoms with E-state index in [4.69, 9.17) is 10.5 Å². The minimum Gasteiger partial charge on any atom is -0.381 e. The summed E-state index contributed by atoms with van der Waals surface area (Å²) in [5.74, 6) is 0.542. The van der Waals surface area contributed by atoms with Gasteiger partial charge in [0.05, 0.1) is 11.7 Å². The fourth-order valence-electron chi connectivity index (χ4n) is 3.54. The number of primary amides is 1. The first kappa shape index (κ1) is 17.9. The summed E-state index contributed by atoms with van der Waals surface area (Å²) >= 11 is 0. The quantitative estimate of drug-likeness (QED) is 0.609. The molecule has 0 bridgehead atoms. The molecular weight excluding hydrogens is 320 g/mol. The van der Waals surface area contributed by atoms with Gasteiger partial charge < -0.3 is 26.4 Å². The predicted octanol–water partition coefficient (Wildman–Crippen LogP) is 1.11. The van der Waals surface area contributed by atoms with Gasteiger partial charge in [-0.3, -0.25) is 4.79 Å². The monoisotopic (exact) mass is 348 g/mol. The average Bonchev–Trinajstić information content (AvgIpc) is 2.63. The van der Waals surface area contributed by atoms with E-state index < -0.39 is 5.91 Å². The molecule has 2 heterocycles. The first-order chi connectivity index (χ1) is 12.2. The Hall–Kier alpha value is -1.93. The van der Waals surface area contributed by atoms with Gasteiger partial charge in [-0.25, -0.2) is 4.98 Å². The first-order valence-electron chi connectivity index (χ1n) is 9.09. The van der Waals surface area contributed by atoms with Crippen LogP contribution in [0.3, 0.4) is 0 Å². The van der Waals surface area contributed by atoms with Crippen LogP contribution in [0.4, 0.5) is 11.8 Å². The number of methoxy groups -OCH3 is 1. The second-order valence-corrected chi connectivity index (χ2v) is 6.86. The van der Waals surface area contributed by atoms with E-state index in [9.17, 15) is 4.79 Å². The maximum absolute atomic E-state index is 11.7. The van der Waals surface area contributed by atoms with Crippen LogP contribution in [0.2, 0.25) is 0 Å². The third kappa shape index (κ3) is 4.79. The van der Waals surface area contributed by atoms with Crippen LogP contribution in [0, 0.1) is 0 Å². The maximum Gasteiger partial charge on any atom is 0.254 e. The zero-order chi connectivity index (χ0) is 17.6. The van der Waals surface area contributed by atoms with Crippen molar-refractivity contribution in [1.82, 2.24) is 15.3 Å². The highest BCUT2D eigenvalue weighted by Crippen LogP contribution is 2.24. The molecular formula is C17H28N6O2. The van der Waals surface area contributed by atoms with E-state index in [0.717, 1.165) is 51.6 Å². The number of aromatic nitrogens is 2. The van der Waals surface area contributed by atoms with Crippen LogP contribution < -0.4 is 21.7 Å². The minimum absolute atomic E-state index is 0.242. The Bertz CT molecular complexity index is 583. The number of hydrogen-bond acceptors (Lipinski definition) is 7. The zero-order valence-electron chi connectivity index (χ0n) is 14.8. The van der Waals surface area contributed by atoms with Gasteiger partial charge in [0.1, 0.15) is 5.82 Å². The van der Waals surface area contributed by atoms with E-state index in [1.807, 2.05) is 0 Å². The van der Waals surface area contributed by atoms with Crippen LogP contribution in [0.15, 0.2) is 6.20 Å². The highest BCUT2D eigenvalue weighted by atomic mass is 16.5. The molecule has 1 aromatic heterocycles. The molecule has 0 aromatic carbocycles. The highest BCUT2D eigenvalue weighted by Gasteiger charge is 2.23. The van der Waals surface area contributed by atoms with E-state index in [2.05, 4.69) is 25.9 Å². The van der Waals surface area contributed by atoms with E-state index in [1.54, 1.807) is 7.11 Å². The van der Waals surface area contributed by atoms with Crippen LogP contribution >= 0.6 is 0 Å². The summed E-state index contributed by atoms with van der Waals surface area (Å²) in [5.41, 5.74) is 5.81. The van der Waals surface area contributed by atoms with Crippen molar-refractivity contribution in [3.63, 3.8) is 0 Å². The summed E-state index contributed by atoms with van der Waals surface area (Å²) in [4.78, 5) is 20.5. The van der Waals surface area contributed by atoms with E-state index in [0.29, 0.717) is 29.5 Å². The molecule has 1 saturated heterocycles. The molecule has 8 heteroatoms. The number of hydrogen-bond donors (Lipinski definition) is 4. The lowest BCUT2D eigenvalue weighted by molar-refractivity contribution is 0.0681. The second kappa shape index (κ2) is 8.44. The summed E-state index contributed by atoms with van der Waals surface area (Å²) in [6.07, 6.45) is 8.12. The van der Waals surface area contributed by atoms with Gasteiger partial charge in [-0.2, -0.15) is 4.98 Å². The van der Waals surface area contributed by atoms with E-state index in [-0.39, 0.29) is 6.04 Å². The smallest absolute Gasteiger partial charge is 0.254 e. The molecule has 8 nitrogen and oxygen atoms in total. The molecule has 0 unspecified atom stereocenters. The van der Waals surface area contributed by atoms with Crippen LogP contribution in [0.5, 0.6) is 0 Å². The van der Waals surface area contributed by atoms with Crippen molar-refractivity contribution in [1.29, 1.82) is 0 Å². The normalized spacial score (nSPS) is 26.8. The number of rotatable bonds is 6. The summed E-state index contributed by atoms with van der Waals surface area (Å²) in [6.45, 7) is 1.88. The van der Waals surface area contributed by atoms with Gasteiger partial charge in [0.2, 0.25) is 5.95 Å². The number of carbonyl (C=O) groups excluding carboxylic acids is 1. The van der Waals surface area contributed by atoms with Crippen molar-refractivity contribution < 1.29 is 9.53 Å². The molecule has 1 atom stereocenters. The Morgan fingerprint density at radius 2 is 2.04 bits per heavy atom. The Balaban J connectivity index is 1.68. The molecule has 2 aliphatic rings. The standard InChI is InChI=1S/C17H28N6O2/c1-25-13-6-4-11(5-7-13)22-17-20-10-14(15(18)24)16(23-17)21-12-3-2-8-19-9-12/h10-13,19H,2-9H2,1H3,(H2,18,24)(H2,20,21,22,23)/t11?,12-,13?/m0/s1. The number of nitrogens with one attached hydrogen (secondary N) is 3. The van der Waals surface area contributed by atoms with Gasteiger partial charge in [-0.15, -0.1) is 0 Å². The van der Waals surface area contributed by atoms with Crippen LogP contribution in [-0.2, 0) is 4.74 Å². The maximum atomic E-state index is 11.7. The lowest BCUT2D eigenvalue weighted by atomic mass is 9.93. The molecule has 1 saturated carbocycles. The molecule has 1 aliphatic carbocycles. The number of anilines is 2. The van der Waals surface area contributed by atoms with Crippen molar-refractivity contribution in [3.8, 4) is 0 Å². The van der Waals surface area contributed by atoms with Gasteiger partial charge in [0, 0.05) is 31.9 Å². The molecule has 5 N–H and O–H groups in total. The summed E-state index contributed by atoms with van der Waals surface area (Å²) in [7, 11) is 1.77. The van der Waals surface area contributed by atoms with Gasteiger partial charge in [0.15, 0.2) is 0 Å². The molecule has 25 heavy (non-hydrogen) atoms. The molecule has 1 amide bonds. The molecule has 2 fully saturated rings. The third-order valence-electron chi connectivity index (χ3n) is 5.03. The predicted molar refractivity (Wildman–Crippen MR) is 96.7 cm³/mol. The lowest BCUT2D eigenvalue weighted by Gasteiger charge is -2.28. The fraction of sp³-hybridized carbons (Fsp3) is 0.706. The zero-order valence-corrected chi connectivity index (χ0v) is 14.8. The van der Waals surface area contributed by atoms with Crippen molar-refractivity contribution in [2.24, 2.45) is 5.73 Å².